The molecule has 2 aliphatic heterocycles. The highest BCUT2D eigenvalue weighted by Gasteiger charge is 2.35. The van der Waals surface area contributed by atoms with Gasteiger partial charge in [0.2, 0.25) is 0 Å². The molecule has 10 nitrogen and oxygen atoms in total. The van der Waals surface area contributed by atoms with Crippen LogP contribution in [0.2, 0.25) is 0 Å². The maximum Gasteiger partial charge on any atom is 0.366 e. The van der Waals surface area contributed by atoms with Crippen molar-refractivity contribution in [2.75, 3.05) is 39.3 Å². The lowest BCUT2D eigenvalue weighted by Gasteiger charge is -2.14. The fourth-order valence-electron chi connectivity index (χ4n) is 2.78. The van der Waals surface area contributed by atoms with Crippen molar-refractivity contribution in [1.29, 1.82) is 0 Å². The summed E-state index contributed by atoms with van der Waals surface area (Å²) >= 11 is 0. The van der Waals surface area contributed by atoms with E-state index in [0.717, 1.165) is 0 Å². The number of hydrogen-bond acceptors (Lipinski definition) is 4. The van der Waals surface area contributed by atoms with Crippen LogP contribution in [0.1, 0.15) is 27.7 Å². The molecule has 0 aromatic carbocycles. The van der Waals surface area contributed by atoms with Gasteiger partial charge in [-0.15, -0.1) is 8.80 Å². The van der Waals surface area contributed by atoms with Crippen molar-refractivity contribution in [3.05, 3.63) is 0 Å². The third-order valence-corrected chi connectivity index (χ3v) is 5.01. The van der Waals surface area contributed by atoms with Gasteiger partial charge in [0.05, 0.1) is 13.1 Å². The van der Waals surface area contributed by atoms with Crippen LogP contribution in [0.25, 0.3) is 0 Å². The van der Waals surface area contributed by atoms with Gasteiger partial charge in [0.1, 0.15) is 11.7 Å². The van der Waals surface area contributed by atoms with E-state index in [1.165, 1.54) is 19.6 Å². The van der Waals surface area contributed by atoms with Crippen LogP contribution in [0.5, 0.6) is 0 Å². The molecule has 0 bridgehead atoms. The highest BCUT2D eigenvalue weighted by Crippen LogP contribution is 2.15. The predicted octanol–water partition coefficient (Wildman–Crippen LogP) is 0.583. The number of carbonyl (C=O) groups is 2. The molecule has 0 spiro atoms. The van der Waals surface area contributed by atoms with Gasteiger partial charge in [0, 0.05) is 26.2 Å². The van der Waals surface area contributed by atoms with Crippen molar-refractivity contribution in [3.63, 3.8) is 0 Å². The van der Waals surface area contributed by atoms with E-state index in [1.807, 2.05) is 13.8 Å². The quantitative estimate of drug-likeness (QED) is 0.680. The standard InChI is InChI=1S/C14H24N6O4S/c1-5-17-9-11(19(7-3)13(17)21)15-25(23,24)16-12-10-18(6-2)14(22)20(12)8-4/h5-10H2,1-4H3/b15-11-,16-12+. The third kappa shape index (κ3) is 3.75. The molecule has 2 rings (SSSR count). The van der Waals surface area contributed by atoms with E-state index in [9.17, 15) is 18.0 Å². The van der Waals surface area contributed by atoms with Crippen molar-refractivity contribution in [2.24, 2.45) is 8.80 Å². The van der Waals surface area contributed by atoms with E-state index in [2.05, 4.69) is 8.80 Å². The summed E-state index contributed by atoms with van der Waals surface area (Å²) in [7, 11) is -4.21. The minimum absolute atomic E-state index is 0.130. The topological polar surface area (TPSA) is 106 Å². The Balaban J connectivity index is 2.33. The van der Waals surface area contributed by atoms with Gasteiger partial charge in [-0.25, -0.2) is 9.59 Å². The fraction of sp³-hybridized carbons (Fsp3) is 0.714. The molecule has 0 atom stereocenters. The largest absolute Gasteiger partial charge is 0.366 e. The second-order valence-corrected chi connectivity index (χ2v) is 6.81. The number of amides is 4. The molecule has 2 saturated heterocycles. The predicted molar refractivity (Wildman–Crippen MR) is 93.8 cm³/mol. The molecule has 2 fully saturated rings. The number of urea groups is 2. The maximum absolute atomic E-state index is 12.4. The van der Waals surface area contributed by atoms with Gasteiger partial charge >= 0.3 is 22.3 Å². The zero-order valence-electron chi connectivity index (χ0n) is 15.0. The van der Waals surface area contributed by atoms with Gasteiger partial charge in [0.25, 0.3) is 0 Å². The molecule has 4 amide bonds. The molecule has 0 N–H and O–H groups in total. The van der Waals surface area contributed by atoms with Crippen LogP contribution in [-0.2, 0) is 10.2 Å². The first-order valence-electron chi connectivity index (χ1n) is 8.33. The number of hydrogen-bond donors (Lipinski definition) is 0. The van der Waals surface area contributed by atoms with Crippen LogP contribution in [0, 0.1) is 0 Å². The second-order valence-electron chi connectivity index (χ2n) is 5.54. The normalized spacial score (nSPS) is 22.2. The SMILES string of the molecule is CCN1C/C(=N/S(=O)(=O)/N=C2\CN(CC)C(=O)N2CC)N(CC)C1=O. The van der Waals surface area contributed by atoms with Gasteiger partial charge < -0.3 is 9.80 Å². The summed E-state index contributed by atoms with van der Waals surface area (Å²) in [5.74, 6) is 0.303. The third-order valence-electron chi connectivity index (χ3n) is 4.13. The van der Waals surface area contributed by atoms with Gasteiger partial charge in [-0.2, -0.15) is 8.42 Å². The molecule has 140 valence electrons. The number of rotatable bonds is 6. The summed E-state index contributed by atoms with van der Waals surface area (Å²) in [6, 6.07) is -0.537. The van der Waals surface area contributed by atoms with E-state index in [4.69, 9.17) is 0 Å². The Kier molecular flexibility index (Phi) is 5.65. The molecule has 2 heterocycles. The second kappa shape index (κ2) is 7.38. The lowest BCUT2D eigenvalue weighted by Crippen LogP contribution is -2.33. The molecular formula is C14H24N6O4S. The minimum atomic E-state index is -4.21. The molecule has 11 heteroatoms. The molecule has 0 unspecified atom stereocenters. The molecule has 0 radical (unpaired) electrons. The lowest BCUT2D eigenvalue weighted by molar-refractivity contribution is 0.199. The molecule has 0 saturated carbocycles. The zero-order chi connectivity index (χ0) is 18.8. The molecule has 0 aromatic heterocycles. The Bertz CT molecular complexity index is 663. The van der Waals surface area contributed by atoms with Crippen molar-refractivity contribution in [3.8, 4) is 0 Å². The van der Waals surface area contributed by atoms with E-state index >= 15 is 0 Å². The van der Waals surface area contributed by atoms with Crippen molar-refractivity contribution >= 4 is 33.9 Å². The average Bonchev–Trinajstić information content (AvgIpc) is 3.02. The Hall–Kier alpha value is -2.17. The van der Waals surface area contributed by atoms with Crippen LogP contribution < -0.4 is 0 Å². The van der Waals surface area contributed by atoms with Gasteiger partial charge in [0.15, 0.2) is 0 Å². The van der Waals surface area contributed by atoms with E-state index in [-0.39, 0.29) is 36.8 Å². The van der Waals surface area contributed by atoms with Crippen molar-refractivity contribution in [1.82, 2.24) is 19.6 Å². The molecule has 25 heavy (non-hydrogen) atoms. The van der Waals surface area contributed by atoms with Crippen LogP contribution in [0.15, 0.2) is 8.80 Å². The van der Waals surface area contributed by atoms with Crippen LogP contribution in [0.4, 0.5) is 9.59 Å². The Labute approximate surface area is 148 Å². The van der Waals surface area contributed by atoms with Crippen LogP contribution in [-0.4, -0.2) is 91.0 Å². The highest BCUT2D eigenvalue weighted by atomic mass is 32.2. The Morgan fingerprint density at radius 1 is 0.760 bits per heavy atom. The first-order valence-corrected chi connectivity index (χ1v) is 9.73. The summed E-state index contributed by atoms with van der Waals surface area (Å²) in [5, 5.41) is 0. The van der Waals surface area contributed by atoms with Crippen molar-refractivity contribution in [2.45, 2.75) is 27.7 Å². The summed E-state index contributed by atoms with van der Waals surface area (Å²) in [4.78, 5) is 29.9. The first-order chi connectivity index (χ1) is 11.8. The smallest absolute Gasteiger partial charge is 0.317 e. The minimum Gasteiger partial charge on any atom is -0.317 e. The van der Waals surface area contributed by atoms with Gasteiger partial charge in [-0.05, 0) is 27.7 Å². The average molecular weight is 372 g/mol. The van der Waals surface area contributed by atoms with E-state index in [0.29, 0.717) is 26.2 Å². The molecular weight excluding hydrogens is 348 g/mol. The van der Waals surface area contributed by atoms with Gasteiger partial charge in [-0.3, -0.25) is 9.80 Å². The van der Waals surface area contributed by atoms with E-state index < -0.39 is 10.2 Å². The van der Waals surface area contributed by atoms with E-state index in [1.54, 1.807) is 13.8 Å². The Morgan fingerprint density at radius 3 is 1.40 bits per heavy atom. The molecule has 0 aliphatic carbocycles. The lowest BCUT2D eigenvalue weighted by atomic mass is 10.5. The highest BCUT2D eigenvalue weighted by molar-refractivity contribution is 7.89. The van der Waals surface area contributed by atoms with Crippen LogP contribution >= 0.6 is 0 Å². The van der Waals surface area contributed by atoms with Gasteiger partial charge in [-0.1, -0.05) is 0 Å². The number of carbonyl (C=O) groups excluding carboxylic acids is 2. The number of amidine groups is 2. The summed E-state index contributed by atoms with van der Waals surface area (Å²) in [6.45, 7) is 8.96. The molecule has 2 aliphatic rings. The number of nitrogens with zero attached hydrogens (tertiary/aromatic N) is 6. The maximum atomic E-state index is 12.4. The summed E-state index contributed by atoms with van der Waals surface area (Å²) < 4.78 is 32.2. The van der Waals surface area contributed by atoms with Crippen molar-refractivity contribution < 1.29 is 18.0 Å². The fourth-order valence-corrected chi connectivity index (χ4v) is 3.67. The van der Waals surface area contributed by atoms with Crippen LogP contribution in [0.3, 0.4) is 0 Å². The zero-order valence-corrected chi connectivity index (χ0v) is 15.8. The summed E-state index contributed by atoms with van der Waals surface area (Å²) in [6.07, 6.45) is 0. The Morgan fingerprint density at radius 2 is 1.12 bits per heavy atom. The molecule has 0 aromatic rings. The summed E-state index contributed by atoms with van der Waals surface area (Å²) in [5.41, 5.74) is 0. The monoisotopic (exact) mass is 372 g/mol. The number of likely N-dealkylation sites (N-methyl/N-ethyl adjacent to an activating group) is 4. The first kappa shape index (κ1) is 19.2.